The number of benzene rings is 2. The number of aromatic amines is 1. The van der Waals surface area contributed by atoms with Gasteiger partial charge in [-0.2, -0.15) is 0 Å². The maximum Gasteiger partial charge on any atom is 0.337 e. The average molecular weight is 328 g/mol. The first-order chi connectivity index (χ1) is 11.4. The number of hydrogen-bond donors (Lipinski definition) is 5. The Morgan fingerprint density at radius 2 is 1.88 bits per heavy atom. The molecule has 3 rings (SSSR count). The van der Waals surface area contributed by atoms with Gasteiger partial charge < -0.3 is 25.4 Å². The van der Waals surface area contributed by atoms with Crippen LogP contribution in [0.2, 0.25) is 0 Å². The molecular weight excluding hydrogens is 316 g/mol. The summed E-state index contributed by atoms with van der Waals surface area (Å²) in [6.45, 7) is 0. The van der Waals surface area contributed by atoms with Crippen molar-refractivity contribution >= 4 is 23.0 Å². The predicted octanol–water partition coefficient (Wildman–Crippen LogP) is 1.97. The van der Waals surface area contributed by atoms with E-state index in [0.717, 1.165) is 6.07 Å². The molecule has 0 aliphatic rings. The molecule has 0 spiro atoms. The van der Waals surface area contributed by atoms with Gasteiger partial charge in [0.2, 0.25) is 0 Å². The van der Waals surface area contributed by atoms with Crippen LogP contribution in [0, 0.1) is 0 Å². The van der Waals surface area contributed by atoms with Crippen molar-refractivity contribution in [2.24, 2.45) is 0 Å². The minimum Gasteiger partial charge on any atom is -0.508 e. The fraction of sp³-hybridized carbons (Fsp3) is 0.0625. The predicted molar refractivity (Wildman–Crippen MR) is 83.2 cm³/mol. The van der Waals surface area contributed by atoms with E-state index in [9.17, 15) is 24.9 Å². The second-order valence-electron chi connectivity index (χ2n) is 5.16. The highest BCUT2D eigenvalue weighted by Gasteiger charge is 2.18. The van der Waals surface area contributed by atoms with E-state index in [2.05, 4.69) is 9.97 Å². The highest BCUT2D eigenvalue weighted by Crippen LogP contribution is 2.36. The number of fused-ring (bicyclic) bond motifs is 1. The highest BCUT2D eigenvalue weighted by molar-refractivity contribution is 6.01. The van der Waals surface area contributed by atoms with Crippen LogP contribution >= 0.6 is 0 Å². The third kappa shape index (κ3) is 2.60. The lowest BCUT2D eigenvalue weighted by Gasteiger charge is -2.07. The number of carbonyl (C=O) groups is 2. The van der Waals surface area contributed by atoms with Gasteiger partial charge in [0.15, 0.2) is 0 Å². The normalized spacial score (nSPS) is 10.8. The third-order valence-corrected chi connectivity index (χ3v) is 3.51. The van der Waals surface area contributed by atoms with Gasteiger partial charge in [0.25, 0.3) is 0 Å². The largest absolute Gasteiger partial charge is 0.508 e. The van der Waals surface area contributed by atoms with Gasteiger partial charge in [0.05, 0.1) is 23.1 Å². The summed E-state index contributed by atoms with van der Waals surface area (Å²) in [4.78, 5) is 29.1. The molecule has 1 aromatic heterocycles. The number of aromatic hydroxyl groups is 2. The quantitative estimate of drug-likeness (QED) is 0.460. The van der Waals surface area contributed by atoms with Crippen molar-refractivity contribution in [2.45, 2.75) is 6.42 Å². The first-order valence-electron chi connectivity index (χ1n) is 6.86. The molecule has 8 heteroatoms. The van der Waals surface area contributed by atoms with E-state index in [1.807, 2.05) is 0 Å². The van der Waals surface area contributed by atoms with Crippen molar-refractivity contribution in [2.75, 3.05) is 0 Å². The second kappa shape index (κ2) is 5.58. The number of nitrogens with one attached hydrogen (secondary N) is 1. The van der Waals surface area contributed by atoms with Gasteiger partial charge in [-0.1, -0.05) is 6.07 Å². The second-order valence-corrected chi connectivity index (χ2v) is 5.16. The van der Waals surface area contributed by atoms with Gasteiger partial charge >= 0.3 is 11.9 Å². The lowest BCUT2D eigenvalue weighted by molar-refractivity contribution is -0.136. The van der Waals surface area contributed by atoms with E-state index in [-0.39, 0.29) is 39.5 Å². The summed E-state index contributed by atoms with van der Waals surface area (Å²) >= 11 is 0. The molecule has 0 unspecified atom stereocenters. The Hall–Kier alpha value is -3.55. The molecular formula is C16H12N2O6. The van der Waals surface area contributed by atoms with Gasteiger partial charge in [0.1, 0.15) is 22.8 Å². The molecule has 0 atom stereocenters. The smallest absolute Gasteiger partial charge is 0.337 e. The molecule has 122 valence electrons. The van der Waals surface area contributed by atoms with Crippen LogP contribution in [0.25, 0.3) is 22.4 Å². The van der Waals surface area contributed by atoms with Gasteiger partial charge in [-0.25, -0.2) is 9.78 Å². The Morgan fingerprint density at radius 1 is 1.12 bits per heavy atom. The number of para-hydroxylation sites is 1. The molecule has 0 bridgehead atoms. The van der Waals surface area contributed by atoms with Crippen molar-refractivity contribution in [1.29, 1.82) is 0 Å². The summed E-state index contributed by atoms with van der Waals surface area (Å²) in [6, 6.07) is 6.94. The van der Waals surface area contributed by atoms with Gasteiger partial charge in [-0.3, -0.25) is 4.79 Å². The number of phenols is 2. The maximum atomic E-state index is 11.2. The number of nitrogens with zero attached hydrogens (tertiary/aromatic N) is 1. The molecule has 5 N–H and O–H groups in total. The van der Waals surface area contributed by atoms with E-state index in [4.69, 9.17) is 5.11 Å². The van der Waals surface area contributed by atoms with E-state index in [0.29, 0.717) is 5.52 Å². The van der Waals surface area contributed by atoms with Crippen LogP contribution in [0.15, 0.2) is 30.3 Å². The summed E-state index contributed by atoms with van der Waals surface area (Å²) in [6.07, 6.45) is -0.478. The summed E-state index contributed by atoms with van der Waals surface area (Å²) in [5.74, 6) is -2.77. The molecule has 0 aliphatic carbocycles. The van der Waals surface area contributed by atoms with Crippen LogP contribution in [0.1, 0.15) is 15.9 Å². The van der Waals surface area contributed by atoms with Crippen LogP contribution in [-0.2, 0) is 11.2 Å². The van der Waals surface area contributed by atoms with E-state index < -0.39 is 18.4 Å². The number of imidazole rings is 1. The Labute approximate surface area is 134 Å². The summed E-state index contributed by atoms with van der Waals surface area (Å²) < 4.78 is 0. The number of H-pyrrole nitrogens is 1. The number of hydrogen-bond acceptors (Lipinski definition) is 5. The number of carboxylic acid groups (broad SMARTS) is 2. The zero-order chi connectivity index (χ0) is 17.4. The fourth-order valence-electron chi connectivity index (χ4n) is 2.49. The van der Waals surface area contributed by atoms with Crippen molar-refractivity contribution in [3.63, 3.8) is 0 Å². The van der Waals surface area contributed by atoms with E-state index >= 15 is 0 Å². The van der Waals surface area contributed by atoms with Gasteiger partial charge in [0, 0.05) is 5.56 Å². The fourth-order valence-corrected chi connectivity index (χ4v) is 2.49. The van der Waals surface area contributed by atoms with Crippen LogP contribution in [0.5, 0.6) is 11.5 Å². The number of rotatable bonds is 4. The molecule has 0 radical (unpaired) electrons. The first-order valence-corrected chi connectivity index (χ1v) is 6.86. The third-order valence-electron chi connectivity index (χ3n) is 3.51. The van der Waals surface area contributed by atoms with Crippen LogP contribution in [-0.4, -0.2) is 42.3 Å². The Bertz CT molecular complexity index is 976. The molecule has 0 aliphatic heterocycles. The van der Waals surface area contributed by atoms with Gasteiger partial charge in [-0.15, -0.1) is 0 Å². The van der Waals surface area contributed by atoms with E-state index in [1.165, 1.54) is 12.1 Å². The first kappa shape index (κ1) is 15.3. The number of aromatic carboxylic acids is 1. The lowest BCUT2D eigenvalue weighted by atomic mass is 10.0. The SMILES string of the molecule is O=C(O)Cc1cc(O)cc(-c2nc3c(C(=O)O)cccc3[nH]2)c1O. The van der Waals surface area contributed by atoms with Crippen molar-refractivity contribution in [1.82, 2.24) is 9.97 Å². The molecule has 24 heavy (non-hydrogen) atoms. The minimum atomic E-state index is -1.17. The minimum absolute atomic E-state index is 0.0135. The molecule has 0 saturated heterocycles. The van der Waals surface area contributed by atoms with Crippen LogP contribution in [0.4, 0.5) is 0 Å². The number of aliphatic carboxylic acids is 1. The average Bonchev–Trinajstić information content (AvgIpc) is 2.93. The Kier molecular flexibility index (Phi) is 3.57. The number of phenolic OH excluding ortho intramolecular Hbond substituents is 2. The summed E-state index contributed by atoms with van der Waals surface area (Å²) in [7, 11) is 0. The standard InChI is InChI=1S/C16H12N2O6/c19-8-4-7(5-12(20)21)14(22)10(6-8)15-17-11-3-1-2-9(16(23)24)13(11)18-15/h1-4,6,19,22H,5H2,(H,17,18)(H,20,21)(H,23,24). The number of aromatic nitrogens is 2. The van der Waals surface area contributed by atoms with Crippen LogP contribution < -0.4 is 0 Å². The Morgan fingerprint density at radius 3 is 2.54 bits per heavy atom. The van der Waals surface area contributed by atoms with Crippen molar-refractivity contribution in [3.05, 3.63) is 41.5 Å². The highest BCUT2D eigenvalue weighted by atomic mass is 16.4. The molecule has 0 saturated carbocycles. The number of carboxylic acids is 2. The van der Waals surface area contributed by atoms with Crippen molar-refractivity contribution in [3.8, 4) is 22.9 Å². The summed E-state index contributed by atoms with van der Waals surface area (Å²) in [5, 5.41) is 38.1. The van der Waals surface area contributed by atoms with Gasteiger partial charge in [-0.05, 0) is 24.3 Å². The van der Waals surface area contributed by atoms with Crippen LogP contribution in [0.3, 0.4) is 0 Å². The van der Waals surface area contributed by atoms with Crippen molar-refractivity contribution < 1.29 is 30.0 Å². The summed E-state index contributed by atoms with van der Waals surface area (Å²) in [5.41, 5.74) is 0.727. The molecule has 2 aromatic carbocycles. The molecule has 3 aromatic rings. The lowest BCUT2D eigenvalue weighted by Crippen LogP contribution is -2.01. The zero-order valence-electron chi connectivity index (χ0n) is 12.1. The topological polar surface area (TPSA) is 144 Å². The molecule has 0 fully saturated rings. The zero-order valence-corrected chi connectivity index (χ0v) is 12.1. The van der Waals surface area contributed by atoms with E-state index in [1.54, 1.807) is 12.1 Å². The Balaban J connectivity index is 2.21. The molecule has 1 heterocycles. The maximum absolute atomic E-state index is 11.2. The monoisotopic (exact) mass is 328 g/mol. The molecule has 8 nitrogen and oxygen atoms in total. The molecule has 0 amide bonds.